The van der Waals surface area contributed by atoms with E-state index in [2.05, 4.69) is 10.3 Å². The number of hydrogen-bond donors (Lipinski definition) is 3. The SMILES string of the molecule is [2H]CCCCCCCCCCCC(=O)N[C@@H](CCCN=C(N)N)C(=O)[O-].[K+]. The molecule has 0 aliphatic carbocycles. The molecule has 0 unspecified atom stereocenters. The van der Waals surface area contributed by atoms with Gasteiger partial charge in [-0.3, -0.25) is 9.79 Å². The van der Waals surface area contributed by atoms with E-state index in [1.807, 2.05) is 0 Å². The third kappa shape index (κ3) is 18.6. The van der Waals surface area contributed by atoms with E-state index < -0.39 is 12.0 Å². The summed E-state index contributed by atoms with van der Waals surface area (Å²) in [5.41, 5.74) is 10.4. The van der Waals surface area contributed by atoms with Crippen LogP contribution in [0.2, 0.25) is 0 Å². The Morgan fingerprint density at radius 2 is 1.62 bits per heavy atom. The van der Waals surface area contributed by atoms with Crippen LogP contribution in [0.3, 0.4) is 0 Å². The summed E-state index contributed by atoms with van der Waals surface area (Å²) in [5.74, 6) is -1.57. The number of nitrogens with two attached hydrogens (primary N) is 2. The van der Waals surface area contributed by atoms with Crippen LogP contribution in [-0.2, 0) is 9.59 Å². The van der Waals surface area contributed by atoms with Crippen molar-refractivity contribution in [1.82, 2.24) is 5.32 Å². The maximum Gasteiger partial charge on any atom is 1.00 e. The van der Waals surface area contributed by atoms with Crippen LogP contribution < -0.4 is 73.3 Å². The maximum absolute atomic E-state index is 11.8. The van der Waals surface area contributed by atoms with Crippen LogP contribution in [-0.4, -0.2) is 30.4 Å². The van der Waals surface area contributed by atoms with Crippen molar-refractivity contribution in [2.75, 3.05) is 6.54 Å². The Labute approximate surface area is 202 Å². The van der Waals surface area contributed by atoms with Gasteiger partial charge in [0.1, 0.15) is 0 Å². The van der Waals surface area contributed by atoms with Crippen molar-refractivity contribution in [2.24, 2.45) is 16.5 Å². The molecular weight excluding hydrogens is 359 g/mol. The van der Waals surface area contributed by atoms with Gasteiger partial charge in [-0.05, 0) is 19.3 Å². The molecule has 0 bridgehead atoms. The van der Waals surface area contributed by atoms with Crippen molar-refractivity contribution in [2.45, 2.75) is 90.0 Å². The smallest absolute Gasteiger partial charge is 0.548 e. The molecule has 0 rings (SSSR count). The monoisotopic (exact) mass is 395 g/mol. The van der Waals surface area contributed by atoms with E-state index in [0.717, 1.165) is 38.5 Å². The van der Waals surface area contributed by atoms with Crippen LogP contribution in [0.5, 0.6) is 0 Å². The number of carboxylic acids is 1. The minimum Gasteiger partial charge on any atom is -0.548 e. The maximum atomic E-state index is 11.8. The summed E-state index contributed by atoms with van der Waals surface area (Å²) in [4.78, 5) is 26.7. The molecule has 26 heavy (non-hydrogen) atoms. The molecule has 0 saturated carbocycles. The average Bonchev–Trinajstić information content (AvgIpc) is 2.58. The molecule has 5 N–H and O–H groups in total. The summed E-state index contributed by atoms with van der Waals surface area (Å²) < 4.78 is 7.07. The number of guanidine groups is 1. The van der Waals surface area contributed by atoms with Crippen molar-refractivity contribution in [3.8, 4) is 0 Å². The fraction of sp³-hybridized carbons (Fsp3) is 0.833. The van der Waals surface area contributed by atoms with Gasteiger partial charge in [0.15, 0.2) is 5.96 Å². The number of unbranched alkanes of at least 4 members (excludes halogenated alkanes) is 8. The number of nitrogens with zero attached hydrogens (tertiary/aromatic N) is 1. The summed E-state index contributed by atoms with van der Waals surface area (Å²) in [6.45, 7) is 0.849. The molecular formula is C18H35KN4O3. The summed E-state index contributed by atoms with van der Waals surface area (Å²) in [5, 5.41) is 13.6. The van der Waals surface area contributed by atoms with Crippen LogP contribution in [0, 0.1) is 0 Å². The molecule has 1 amide bonds. The first-order valence-corrected chi connectivity index (χ1v) is 9.32. The minimum atomic E-state index is -1.28. The number of carbonyl (C=O) groups excluding carboxylic acids is 2. The van der Waals surface area contributed by atoms with E-state index in [1.165, 1.54) is 19.3 Å². The minimum absolute atomic E-state index is 0. The van der Waals surface area contributed by atoms with Crippen molar-refractivity contribution in [3.05, 3.63) is 0 Å². The van der Waals surface area contributed by atoms with Crippen molar-refractivity contribution >= 4 is 17.8 Å². The second kappa shape index (κ2) is 19.6. The van der Waals surface area contributed by atoms with Gasteiger partial charge in [0.05, 0.1) is 12.0 Å². The summed E-state index contributed by atoms with van der Waals surface area (Å²) in [6.07, 6.45) is 10.8. The van der Waals surface area contributed by atoms with Gasteiger partial charge in [-0.25, -0.2) is 0 Å². The van der Waals surface area contributed by atoms with E-state index >= 15 is 0 Å². The molecule has 0 aromatic heterocycles. The molecule has 7 nitrogen and oxygen atoms in total. The Morgan fingerprint density at radius 3 is 2.15 bits per heavy atom. The topological polar surface area (TPSA) is 134 Å². The zero-order valence-corrected chi connectivity index (χ0v) is 19.4. The number of carbonyl (C=O) groups is 2. The molecule has 0 radical (unpaired) electrons. The van der Waals surface area contributed by atoms with Gasteiger partial charge in [0.25, 0.3) is 0 Å². The predicted octanol–water partition coefficient (Wildman–Crippen LogP) is -1.80. The molecule has 0 aliphatic heterocycles. The average molecular weight is 396 g/mol. The summed E-state index contributed by atoms with van der Waals surface area (Å²) in [7, 11) is 0. The third-order valence-electron chi connectivity index (χ3n) is 3.97. The van der Waals surface area contributed by atoms with Crippen LogP contribution in [0.1, 0.15) is 85.3 Å². The van der Waals surface area contributed by atoms with Crippen LogP contribution in [0.15, 0.2) is 4.99 Å². The number of aliphatic carboxylic acids is 1. The summed E-state index contributed by atoms with van der Waals surface area (Å²) >= 11 is 0. The van der Waals surface area contributed by atoms with E-state index in [0.29, 0.717) is 26.3 Å². The normalized spacial score (nSPS) is 11.8. The Hall–Kier alpha value is -0.154. The van der Waals surface area contributed by atoms with Crippen molar-refractivity contribution in [1.29, 1.82) is 0 Å². The Balaban J connectivity index is 0. The molecule has 0 saturated heterocycles. The van der Waals surface area contributed by atoms with E-state index in [9.17, 15) is 14.7 Å². The molecule has 0 spiro atoms. The molecule has 0 fully saturated rings. The largest absolute Gasteiger partial charge is 1.00 e. The number of hydrogen-bond acceptors (Lipinski definition) is 4. The first-order chi connectivity index (χ1) is 12.5. The Morgan fingerprint density at radius 1 is 1.04 bits per heavy atom. The number of amides is 1. The van der Waals surface area contributed by atoms with Gasteiger partial charge in [0, 0.05) is 14.3 Å². The quantitative estimate of drug-likeness (QED) is 0.123. The Kier molecular flexibility index (Phi) is 19.5. The predicted molar refractivity (Wildman–Crippen MR) is 98.7 cm³/mol. The molecule has 0 aromatic carbocycles. The first kappa shape index (κ1) is 25.8. The fourth-order valence-electron chi connectivity index (χ4n) is 2.54. The standard InChI is InChI=1S/C18H36N4O3.K/c1-2-3-4-5-6-7-8-9-10-13-16(23)22-15(17(24)25)12-11-14-21-18(19)20;/h15H,2-14H2,1H3,(H,22,23)(H,24,25)(H4,19,20,21);/q;+1/p-1/t15-;/m0./s1/i1D;. The number of nitrogens with one attached hydrogen (secondary N) is 1. The van der Waals surface area contributed by atoms with E-state index in [1.54, 1.807) is 0 Å². The summed E-state index contributed by atoms with van der Waals surface area (Å²) in [6, 6.07) is -1.000. The first-order valence-electron chi connectivity index (χ1n) is 10.0. The number of carboxylic acid groups (broad SMARTS) is 1. The number of aliphatic imine (C=N–C) groups is 1. The zero-order chi connectivity index (χ0) is 19.6. The molecule has 8 heteroatoms. The fourth-order valence-corrected chi connectivity index (χ4v) is 2.54. The molecule has 146 valence electrons. The van der Waals surface area contributed by atoms with Crippen molar-refractivity contribution < 1.29 is 67.5 Å². The van der Waals surface area contributed by atoms with Crippen LogP contribution >= 0.6 is 0 Å². The van der Waals surface area contributed by atoms with Crippen LogP contribution in [0.25, 0.3) is 0 Å². The molecule has 0 aromatic rings. The number of rotatable bonds is 16. The van der Waals surface area contributed by atoms with Gasteiger partial charge < -0.3 is 26.7 Å². The van der Waals surface area contributed by atoms with E-state index in [-0.39, 0.29) is 69.7 Å². The second-order valence-electron chi connectivity index (χ2n) is 6.32. The zero-order valence-electron chi connectivity index (χ0n) is 17.3. The van der Waals surface area contributed by atoms with Gasteiger partial charge >= 0.3 is 51.4 Å². The van der Waals surface area contributed by atoms with Gasteiger partial charge in [-0.15, -0.1) is 0 Å². The van der Waals surface area contributed by atoms with Gasteiger partial charge in [-0.2, -0.15) is 0 Å². The third-order valence-corrected chi connectivity index (χ3v) is 3.97. The molecule has 1 atom stereocenters. The Bertz CT molecular complexity index is 421. The molecule has 0 aliphatic rings. The van der Waals surface area contributed by atoms with Crippen molar-refractivity contribution in [3.63, 3.8) is 0 Å². The van der Waals surface area contributed by atoms with Gasteiger partial charge in [-0.1, -0.05) is 58.3 Å². The van der Waals surface area contributed by atoms with Crippen LogP contribution in [0.4, 0.5) is 0 Å². The van der Waals surface area contributed by atoms with Gasteiger partial charge in [0.2, 0.25) is 5.91 Å². The molecule has 0 heterocycles. The van der Waals surface area contributed by atoms with E-state index in [4.69, 9.17) is 12.8 Å². The second-order valence-corrected chi connectivity index (χ2v) is 6.32.